The molecule has 0 saturated heterocycles. The Bertz CT molecular complexity index is 1470. The van der Waals surface area contributed by atoms with Crippen molar-refractivity contribution in [1.82, 2.24) is 34.3 Å². The molecule has 11 heteroatoms. The molecule has 3 aromatic heterocycles. The normalized spacial score (nSPS) is 20.1. The number of aromatic nitrogens is 5. The topological polar surface area (TPSA) is 127 Å². The lowest BCUT2D eigenvalue weighted by Crippen LogP contribution is -2.46. The Morgan fingerprint density at radius 2 is 1.82 bits per heavy atom. The largest absolute Gasteiger partial charge is 0.499 e. The lowest BCUT2D eigenvalue weighted by atomic mass is 9.85. The Balaban J connectivity index is 1.47. The summed E-state index contributed by atoms with van der Waals surface area (Å²) in [5, 5.41) is 0. The van der Waals surface area contributed by atoms with Crippen molar-refractivity contribution < 1.29 is 4.74 Å². The molecule has 5 rings (SSSR count). The first-order chi connectivity index (χ1) is 18.9. The lowest BCUT2D eigenvalue weighted by molar-refractivity contribution is 0.205. The fourth-order valence-electron chi connectivity index (χ4n) is 5.40. The standard InChI is InChI=1S/C29H40N10O/c1-19-16-38(18-33-19)24-9-8-21-26(34-24)28(2,3)17-39(21)25-10-11-32-27(35-25)29(31)15-20(30)22(14-23(29)40-7)37(6)13-12-36(4)5/h8-11,14,16,18H,12-13,15,17,30-31H2,1-7H3. The third-order valence-electron chi connectivity index (χ3n) is 7.66. The van der Waals surface area contributed by atoms with E-state index in [4.69, 9.17) is 26.2 Å². The zero-order chi connectivity index (χ0) is 28.8. The summed E-state index contributed by atoms with van der Waals surface area (Å²) in [5.74, 6) is 2.63. The lowest BCUT2D eigenvalue weighted by Gasteiger charge is -2.36. The minimum absolute atomic E-state index is 0.200. The van der Waals surface area contributed by atoms with Gasteiger partial charge < -0.3 is 30.9 Å². The van der Waals surface area contributed by atoms with E-state index in [9.17, 15) is 0 Å². The van der Waals surface area contributed by atoms with Gasteiger partial charge in [-0.05, 0) is 39.2 Å². The molecule has 11 nitrogen and oxygen atoms in total. The Kier molecular flexibility index (Phi) is 7.05. The second-order valence-corrected chi connectivity index (χ2v) is 11.7. The maximum atomic E-state index is 7.01. The first-order valence-corrected chi connectivity index (χ1v) is 13.5. The number of methoxy groups -OCH3 is 1. The van der Waals surface area contributed by atoms with E-state index in [1.165, 1.54) is 0 Å². The van der Waals surface area contributed by atoms with E-state index in [0.29, 0.717) is 30.2 Å². The second kappa shape index (κ2) is 10.2. The van der Waals surface area contributed by atoms with Crippen LogP contribution in [0.15, 0.2) is 60.1 Å². The first-order valence-electron chi connectivity index (χ1n) is 13.5. The molecule has 4 heterocycles. The Hall–Kier alpha value is -3.96. The fraction of sp³-hybridized carbons (Fsp3) is 0.448. The third kappa shape index (κ3) is 4.90. The van der Waals surface area contributed by atoms with E-state index in [2.05, 4.69) is 44.6 Å². The van der Waals surface area contributed by atoms with E-state index in [1.807, 2.05) is 57.0 Å². The van der Waals surface area contributed by atoms with Crippen LogP contribution in [-0.4, -0.2) is 82.2 Å². The molecule has 1 aliphatic heterocycles. The van der Waals surface area contributed by atoms with Crippen LogP contribution in [0.4, 0.5) is 11.5 Å². The average molecular weight is 545 g/mol. The highest BCUT2D eigenvalue weighted by Crippen LogP contribution is 2.44. The molecule has 0 bridgehead atoms. The number of ether oxygens (including phenoxy) is 1. The van der Waals surface area contributed by atoms with Gasteiger partial charge in [-0.1, -0.05) is 13.8 Å². The number of anilines is 2. The molecule has 1 atom stereocenters. The molecule has 1 aliphatic carbocycles. The van der Waals surface area contributed by atoms with Gasteiger partial charge in [-0.2, -0.15) is 0 Å². The van der Waals surface area contributed by atoms with Crippen molar-refractivity contribution in [2.75, 3.05) is 52.8 Å². The van der Waals surface area contributed by atoms with Crippen LogP contribution >= 0.6 is 0 Å². The summed E-state index contributed by atoms with van der Waals surface area (Å²) in [6.45, 7) is 8.79. The predicted molar refractivity (Wildman–Crippen MR) is 156 cm³/mol. The third-order valence-corrected chi connectivity index (χ3v) is 7.66. The molecule has 0 saturated carbocycles. The molecule has 3 aromatic rings. The molecule has 40 heavy (non-hydrogen) atoms. The van der Waals surface area contributed by atoms with Gasteiger partial charge in [-0.15, -0.1) is 0 Å². The number of hydrogen-bond acceptors (Lipinski definition) is 10. The second-order valence-electron chi connectivity index (χ2n) is 11.7. The highest BCUT2D eigenvalue weighted by Gasteiger charge is 2.43. The van der Waals surface area contributed by atoms with E-state index in [0.717, 1.165) is 47.5 Å². The van der Waals surface area contributed by atoms with Gasteiger partial charge in [0.05, 0.1) is 29.9 Å². The Morgan fingerprint density at radius 3 is 2.50 bits per heavy atom. The number of nitrogens with zero attached hydrogens (tertiary/aromatic N) is 8. The van der Waals surface area contributed by atoms with Crippen molar-refractivity contribution in [3.05, 3.63) is 77.4 Å². The SMILES string of the molecule is COC1=CC(N(C)CCN(C)C)=C(N)CC1(N)c1nccc(N2CC(C)(C)c3nc(-n4cnc(C)c4)ccc32)n1. The number of nitrogens with two attached hydrogens (primary N) is 2. The summed E-state index contributed by atoms with van der Waals surface area (Å²) in [4.78, 5) is 25.4. The van der Waals surface area contributed by atoms with Gasteiger partial charge in [0.15, 0.2) is 5.82 Å². The van der Waals surface area contributed by atoms with Crippen LogP contribution in [0.1, 0.15) is 37.5 Å². The number of hydrogen-bond donors (Lipinski definition) is 2. The van der Waals surface area contributed by atoms with Gasteiger partial charge >= 0.3 is 0 Å². The smallest absolute Gasteiger partial charge is 0.158 e. The predicted octanol–water partition coefficient (Wildman–Crippen LogP) is 2.55. The summed E-state index contributed by atoms with van der Waals surface area (Å²) >= 11 is 0. The van der Waals surface area contributed by atoms with Crippen LogP contribution in [-0.2, 0) is 15.7 Å². The summed E-state index contributed by atoms with van der Waals surface area (Å²) in [5.41, 5.74) is 16.9. The van der Waals surface area contributed by atoms with Gasteiger partial charge in [0.2, 0.25) is 0 Å². The average Bonchev–Trinajstić information content (AvgIpc) is 3.47. The van der Waals surface area contributed by atoms with Crippen molar-refractivity contribution in [3.63, 3.8) is 0 Å². The van der Waals surface area contributed by atoms with Gasteiger partial charge in [0, 0.05) is 62.7 Å². The van der Waals surface area contributed by atoms with E-state index in [-0.39, 0.29) is 5.41 Å². The number of rotatable bonds is 8. The number of imidazole rings is 1. The summed E-state index contributed by atoms with van der Waals surface area (Å²) in [6, 6.07) is 6.01. The van der Waals surface area contributed by atoms with Crippen molar-refractivity contribution >= 4 is 11.5 Å². The van der Waals surface area contributed by atoms with Crippen molar-refractivity contribution in [2.24, 2.45) is 11.5 Å². The number of fused-ring (bicyclic) bond motifs is 1. The van der Waals surface area contributed by atoms with Crippen molar-refractivity contribution in [3.8, 4) is 5.82 Å². The van der Waals surface area contributed by atoms with Gasteiger partial charge in [-0.3, -0.25) is 4.57 Å². The Morgan fingerprint density at radius 1 is 1.05 bits per heavy atom. The number of allylic oxidation sites excluding steroid dienone is 1. The van der Waals surface area contributed by atoms with Gasteiger partial charge in [0.1, 0.15) is 29.3 Å². The van der Waals surface area contributed by atoms with E-state index < -0.39 is 5.54 Å². The van der Waals surface area contributed by atoms with Crippen molar-refractivity contribution in [2.45, 2.75) is 38.1 Å². The maximum Gasteiger partial charge on any atom is 0.158 e. The monoisotopic (exact) mass is 544 g/mol. The molecule has 2 aliphatic rings. The molecule has 0 radical (unpaired) electrons. The molecule has 0 aromatic carbocycles. The first kappa shape index (κ1) is 27.6. The minimum atomic E-state index is -1.10. The van der Waals surface area contributed by atoms with E-state index in [1.54, 1.807) is 19.6 Å². The van der Waals surface area contributed by atoms with Crippen LogP contribution < -0.4 is 16.4 Å². The quantitative estimate of drug-likeness (QED) is 0.437. The molecule has 0 spiro atoms. The maximum absolute atomic E-state index is 7.01. The number of aryl methyl sites for hydroxylation is 1. The van der Waals surface area contributed by atoms with Crippen LogP contribution in [0.3, 0.4) is 0 Å². The van der Waals surface area contributed by atoms with Crippen LogP contribution in [0, 0.1) is 6.92 Å². The molecule has 4 N–H and O–H groups in total. The Labute approximate surface area is 236 Å². The fourth-order valence-corrected chi connectivity index (χ4v) is 5.40. The van der Waals surface area contributed by atoms with Crippen LogP contribution in [0.2, 0.25) is 0 Å². The molecular weight excluding hydrogens is 504 g/mol. The molecule has 212 valence electrons. The number of pyridine rings is 1. The summed E-state index contributed by atoms with van der Waals surface area (Å²) < 4.78 is 7.77. The zero-order valence-corrected chi connectivity index (χ0v) is 24.5. The molecule has 0 amide bonds. The van der Waals surface area contributed by atoms with E-state index >= 15 is 0 Å². The zero-order valence-electron chi connectivity index (χ0n) is 24.5. The van der Waals surface area contributed by atoms with Gasteiger partial charge in [-0.25, -0.2) is 19.9 Å². The summed E-state index contributed by atoms with van der Waals surface area (Å²) in [6.07, 6.45) is 7.77. The van der Waals surface area contributed by atoms with Gasteiger partial charge in [0.25, 0.3) is 0 Å². The molecular formula is C29H40N10O. The summed E-state index contributed by atoms with van der Waals surface area (Å²) in [7, 11) is 7.75. The molecule has 1 unspecified atom stereocenters. The van der Waals surface area contributed by atoms with Crippen molar-refractivity contribution in [1.29, 1.82) is 0 Å². The number of likely N-dealkylation sites (N-methyl/N-ethyl adjacent to an activating group) is 2. The highest BCUT2D eigenvalue weighted by molar-refractivity contribution is 5.69. The molecule has 0 fully saturated rings. The van der Waals surface area contributed by atoms with Crippen LogP contribution in [0.5, 0.6) is 0 Å². The highest BCUT2D eigenvalue weighted by atomic mass is 16.5. The minimum Gasteiger partial charge on any atom is -0.499 e. The van der Waals surface area contributed by atoms with Crippen LogP contribution in [0.25, 0.3) is 5.82 Å².